The Morgan fingerprint density at radius 1 is 1.19 bits per heavy atom. The molecule has 5 heteroatoms. The Morgan fingerprint density at radius 2 is 2.12 bits per heavy atom. The van der Waals surface area contributed by atoms with Crippen LogP contribution in [0.25, 0.3) is 21.5 Å². The first-order chi connectivity index (χ1) is 7.83. The summed E-state index contributed by atoms with van der Waals surface area (Å²) in [7, 11) is 0. The molecular formula is C11H6IN3S. The number of hydrogen-bond acceptors (Lipinski definition) is 4. The maximum Gasteiger partial charge on any atom is 0.203 e. The number of rotatable bonds is 1. The second-order valence-corrected chi connectivity index (χ2v) is 5.00. The summed E-state index contributed by atoms with van der Waals surface area (Å²) in [6.07, 6.45) is 1.80. The molecule has 0 saturated carbocycles. The summed E-state index contributed by atoms with van der Waals surface area (Å²) in [5.74, 6) is 0. The molecule has 0 aliphatic carbocycles. The van der Waals surface area contributed by atoms with Gasteiger partial charge in [0.1, 0.15) is 5.01 Å². The van der Waals surface area contributed by atoms with Crippen LogP contribution in [0.5, 0.6) is 0 Å². The van der Waals surface area contributed by atoms with Crippen LogP contribution in [0.2, 0.25) is 0 Å². The van der Waals surface area contributed by atoms with Crippen LogP contribution in [0.15, 0.2) is 36.5 Å². The fourth-order valence-electron chi connectivity index (χ4n) is 1.53. The van der Waals surface area contributed by atoms with E-state index in [-0.39, 0.29) is 0 Å². The van der Waals surface area contributed by atoms with Crippen LogP contribution < -0.4 is 0 Å². The zero-order valence-corrected chi connectivity index (χ0v) is 11.1. The molecule has 0 unspecified atom stereocenters. The minimum Gasteiger partial charge on any atom is -0.256 e. The van der Waals surface area contributed by atoms with Gasteiger partial charge < -0.3 is 0 Å². The molecule has 16 heavy (non-hydrogen) atoms. The van der Waals surface area contributed by atoms with E-state index in [0.29, 0.717) is 0 Å². The summed E-state index contributed by atoms with van der Waals surface area (Å²) in [6, 6.07) is 10.1. The van der Waals surface area contributed by atoms with Crippen LogP contribution in [0.4, 0.5) is 0 Å². The molecule has 0 saturated heterocycles. The van der Waals surface area contributed by atoms with E-state index in [9.17, 15) is 0 Å². The lowest BCUT2D eigenvalue weighted by atomic mass is 10.1. The summed E-state index contributed by atoms with van der Waals surface area (Å²) in [4.78, 5) is 8.65. The van der Waals surface area contributed by atoms with Gasteiger partial charge in [-0.1, -0.05) is 6.07 Å². The van der Waals surface area contributed by atoms with Crippen molar-refractivity contribution in [1.29, 1.82) is 0 Å². The highest BCUT2D eigenvalue weighted by molar-refractivity contribution is 14.1. The molecule has 1 aromatic carbocycles. The highest BCUT2D eigenvalue weighted by atomic mass is 127. The van der Waals surface area contributed by atoms with Crippen LogP contribution in [-0.4, -0.2) is 14.3 Å². The van der Waals surface area contributed by atoms with Crippen molar-refractivity contribution in [3.63, 3.8) is 0 Å². The lowest BCUT2D eigenvalue weighted by Crippen LogP contribution is -1.80. The predicted octanol–water partition coefficient (Wildman–Crippen LogP) is 3.36. The largest absolute Gasteiger partial charge is 0.256 e. The van der Waals surface area contributed by atoms with Gasteiger partial charge in [-0.2, -0.15) is 4.37 Å². The molecule has 0 radical (unpaired) electrons. The highest BCUT2D eigenvalue weighted by Gasteiger charge is 2.05. The molecule has 0 spiro atoms. The summed E-state index contributed by atoms with van der Waals surface area (Å²) < 4.78 is 4.97. The van der Waals surface area contributed by atoms with E-state index in [4.69, 9.17) is 0 Å². The maximum atomic E-state index is 4.36. The Balaban J connectivity index is 2.18. The number of hydrogen-bond donors (Lipinski definition) is 0. The van der Waals surface area contributed by atoms with Gasteiger partial charge in [0.15, 0.2) is 0 Å². The zero-order chi connectivity index (χ0) is 11.0. The van der Waals surface area contributed by atoms with Crippen LogP contribution >= 0.6 is 34.1 Å². The number of halogens is 1. The average molecular weight is 339 g/mol. The number of fused-ring (bicyclic) bond motifs is 1. The van der Waals surface area contributed by atoms with Gasteiger partial charge in [0.2, 0.25) is 3.83 Å². The first-order valence-corrected chi connectivity index (χ1v) is 6.52. The first kappa shape index (κ1) is 10.1. The predicted molar refractivity (Wildman–Crippen MR) is 73.4 cm³/mol. The third-order valence-corrected chi connectivity index (χ3v) is 3.83. The van der Waals surface area contributed by atoms with Gasteiger partial charge in [0.05, 0.1) is 5.52 Å². The van der Waals surface area contributed by atoms with E-state index < -0.39 is 0 Å². The Labute approximate surface area is 110 Å². The standard InChI is InChI=1S/C11H6IN3S/c12-11-14-10(16-15-11)8-3-4-9-7(6-8)2-1-5-13-9/h1-6H. The maximum absolute atomic E-state index is 4.36. The van der Waals surface area contributed by atoms with Crippen molar-refractivity contribution in [1.82, 2.24) is 14.3 Å². The van der Waals surface area contributed by atoms with Crippen molar-refractivity contribution in [2.75, 3.05) is 0 Å². The monoisotopic (exact) mass is 339 g/mol. The topological polar surface area (TPSA) is 38.7 Å². The van der Waals surface area contributed by atoms with E-state index in [0.717, 1.165) is 25.3 Å². The molecule has 2 aromatic heterocycles. The minimum atomic E-state index is 0.795. The lowest BCUT2D eigenvalue weighted by Gasteiger charge is -1.98. The van der Waals surface area contributed by atoms with Crippen LogP contribution in [-0.2, 0) is 0 Å². The summed E-state index contributed by atoms with van der Waals surface area (Å²) in [5.41, 5.74) is 2.10. The highest BCUT2D eigenvalue weighted by Crippen LogP contribution is 2.25. The van der Waals surface area contributed by atoms with Crippen molar-refractivity contribution >= 4 is 45.0 Å². The molecule has 3 rings (SSSR count). The molecule has 3 nitrogen and oxygen atoms in total. The lowest BCUT2D eigenvalue weighted by molar-refractivity contribution is 1.25. The van der Waals surface area contributed by atoms with E-state index in [1.54, 1.807) is 6.20 Å². The van der Waals surface area contributed by atoms with Crippen LogP contribution in [0.3, 0.4) is 0 Å². The third kappa shape index (κ3) is 1.80. The molecule has 0 aliphatic heterocycles. The van der Waals surface area contributed by atoms with Gasteiger partial charge in [0.25, 0.3) is 0 Å². The fourth-order valence-corrected chi connectivity index (χ4v) is 2.79. The molecule has 3 aromatic rings. The summed E-state index contributed by atoms with van der Waals surface area (Å²) >= 11 is 3.54. The normalized spacial score (nSPS) is 10.8. The second-order valence-electron chi connectivity index (χ2n) is 3.28. The second kappa shape index (κ2) is 4.06. The Bertz CT molecular complexity index is 650. The average Bonchev–Trinajstić information content (AvgIpc) is 2.75. The first-order valence-electron chi connectivity index (χ1n) is 4.67. The van der Waals surface area contributed by atoms with Crippen LogP contribution in [0, 0.1) is 3.83 Å². The summed E-state index contributed by atoms with van der Waals surface area (Å²) in [5, 5.41) is 2.08. The van der Waals surface area contributed by atoms with E-state index in [1.165, 1.54) is 11.5 Å². The Kier molecular flexibility index (Phi) is 2.56. The molecule has 0 N–H and O–H groups in total. The van der Waals surface area contributed by atoms with Gasteiger partial charge in [-0.25, -0.2) is 4.98 Å². The number of nitrogens with zero attached hydrogens (tertiary/aromatic N) is 3. The van der Waals surface area contributed by atoms with E-state index in [1.807, 2.05) is 18.2 Å². The molecule has 0 amide bonds. The quantitative estimate of drug-likeness (QED) is 0.638. The van der Waals surface area contributed by atoms with Gasteiger partial charge in [-0.3, -0.25) is 4.98 Å². The number of aromatic nitrogens is 3. The molecule has 0 bridgehead atoms. The Hall–Kier alpha value is -1.08. The molecule has 0 atom stereocenters. The van der Waals surface area contributed by atoms with Crippen LogP contribution in [0.1, 0.15) is 0 Å². The molecule has 78 valence electrons. The molecule has 0 aliphatic rings. The number of benzene rings is 1. The van der Waals surface area contributed by atoms with Crippen molar-refractivity contribution in [2.45, 2.75) is 0 Å². The van der Waals surface area contributed by atoms with Crippen molar-refractivity contribution in [3.8, 4) is 10.6 Å². The van der Waals surface area contributed by atoms with E-state index in [2.05, 4.69) is 49.1 Å². The van der Waals surface area contributed by atoms with Gasteiger partial charge in [-0.15, -0.1) is 0 Å². The van der Waals surface area contributed by atoms with Gasteiger partial charge >= 0.3 is 0 Å². The Morgan fingerprint density at radius 3 is 2.94 bits per heavy atom. The van der Waals surface area contributed by atoms with Gasteiger partial charge in [0, 0.05) is 39.7 Å². The van der Waals surface area contributed by atoms with E-state index >= 15 is 0 Å². The third-order valence-electron chi connectivity index (χ3n) is 2.25. The zero-order valence-electron chi connectivity index (χ0n) is 8.09. The van der Waals surface area contributed by atoms with Crippen molar-refractivity contribution in [3.05, 3.63) is 40.4 Å². The minimum absolute atomic E-state index is 0.795. The number of pyridine rings is 1. The molecule has 0 fully saturated rings. The van der Waals surface area contributed by atoms with Crippen molar-refractivity contribution in [2.24, 2.45) is 0 Å². The molecular weight excluding hydrogens is 333 g/mol. The SMILES string of the molecule is Ic1nsc(-c2ccc3ncccc3c2)n1. The molecule has 2 heterocycles. The smallest absolute Gasteiger partial charge is 0.203 e. The fraction of sp³-hybridized carbons (Fsp3) is 0. The summed E-state index contributed by atoms with van der Waals surface area (Å²) in [6.45, 7) is 0. The van der Waals surface area contributed by atoms with Crippen molar-refractivity contribution < 1.29 is 0 Å². The van der Waals surface area contributed by atoms with Gasteiger partial charge in [-0.05, 0) is 35.8 Å².